The second kappa shape index (κ2) is 5.43. The number of benzene rings is 1. The molecule has 1 aromatic carbocycles. The molecule has 0 saturated heterocycles. The van der Waals surface area contributed by atoms with E-state index in [1.54, 1.807) is 7.05 Å². The van der Waals surface area contributed by atoms with Crippen LogP contribution in [0.5, 0.6) is 0 Å². The van der Waals surface area contributed by atoms with E-state index >= 15 is 0 Å². The molecule has 0 radical (unpaired) electrons. The number of amidine groups is 1. The lowest BCUT2D eigenvalue weighted by atomic mass is 10.1. The van der Waals surface area contributed by atoms with Gasteiger partial charge in [-0.1, -0.05) is 24.3 Å². The van der Waals surface area contributed by atoms with E-state index in [-0.39, 0.29) is 12.4 Å². The predicted octanol–water partition coefficient (Wildman–Crippen LogP) is 1.26. The second-order valence-corrected chi connectivity index (χ2v) is 2.54. The van der Waals surface area contributed by atoms with Crippen molar-refractivity contribution in [2.75, 3.05) is 7.05 Å². The van der Waals surface area contributed by atoms with Crippen LogP contribution in [0.3, 0.4) is 0 Å². The fraction of sp³-hybridized carbons (Fsp3) is 0.222. The molecule has 3 N–H and O–H groups in total. The minimum absolute atomic E-state index is 0. The van der Waals surface area contributed by atoms with Crippen molar-refractivity contribution >= 4 is 18.2 Å². The van der Waals surface area contributed by atoms with Crippen LogP contribution in [0.4, 0.5) is 0 Å². The van der Waals surface area contributed by atoms with Gasteiger partial charge < -0.3 is 11.2 Å². The monoisotopic (exact) mass is 199 g/mol. The third-order valence-corrected chi connectivity index (χ3v) is 1.65. The van der Waals surface area contributed by atoms with Crippen LogP contribution in [0.15, 0.2) is 29.4 Å². The van der Waals surface area contributed by atoms with Crippen LogP contribution in [0.2, 0.25) is 0 Å². The molecular weight excluding hydrogens is 186 g/mol. The molecule has 0 atom stereocenters. The minimum atomic E-state index is 0. The van der Waals surface area contributed by atoms with Gasteiger partial charge >= 0.3 is 0 Å². The van der Waals surface area contributed by atoms with Crippen LogP contribution in [-0.4, -0.2) is 12.9 Å². The first kappa shape index (κ1) is 11.8. The summed E-state index contributed by atoms with van der Waals surface area (Å²) in [6.45, 7) is 2.01. The van der Waals surface area contributed by atoms with E-state index in [4.69, 9.17) is 5.73 Å². The van der Waals surface area contributed by atoms with Crippen LogP contribution in [0.25, 0.3) is 0 Å². The summed E-state index contributed by atoms with van der Waals surface area (Å²) >= 11 is 0. The minimum Gasteiger partial charge on any atom is -0.382 e. The van der Waals surface area contributed by atoms with Gasteiger partial charge in [-0.3, -0.25) is 0 Å². The zero-order valence-electron chi connectivity index (χ0n) is 7.74. The van der Waals surface area contributed by atoms with Crippen LogP contribution in [-0.2, 0) is 0 Å². The zero-order chi connectivity index (χ0) is 8.97. The molecule has 0 unspecified atom stereocenters. The predicted molar refractivity (Wildman–Crippen MR) is 58.2 cm³/mol. The Hall–Kier alpha value is -1.22. The second-order valence-electron chi connectivity index (χ2n) is 2.54. The Kier molecular flexibility index (Phi) is 4.92. The Morgan fingerprint density at radius 2 is 2.00 bits per heavy atom. The summed E-state index contributed by atoms with van der Waals surface area (Å²) in [5, 5.41) is 3.90. The third-order valence-electron chi connectivity index (χ3n) is 1.65. The topological polar surface area (TPSA) is 50.4 Å². The molecular formula is C9H14ClN3. The number of nitrogens with zero attached hydrogens (tertiary/aromatic N) is 1. The highest BCUT2D eigenvalue weighted by atomic mass is 35.5. The van der Waals surface area contributed by atoms with Crippen molar-refractivity contribution in [3.63, 3.8) is 0 Å². The van der Waals surface area contributed by atoms with Crippen LogP contribution in [0.1, 0.15) is 11.1 Å². The highest BCUT2D eigenvalue weighted by Gasteiger charge is 1.99. The van der Waals surface area contributed by atoms with E-state index < -0.39 is 0 Å². The maximum atomic E-state index is 5.69. The molecule has 0 amide bonds. The van der Waals surface area contributed by atoms with Crippen LogP contribution >= 0.6 is 12.4 Å². The summed E-state index contributed by atoms with van der Waals surface area (Å²) in [6, 6.07) is 7.88. The van der Waals surface area contributed by atoms with E-state index in [1.165, 1.54) is 0 Å². The first-order valence-electron chi connectivity index (χ1n) is 3.81. The fourth-order valence-corrected chi connectivity index (χ4v) is 1.04. The number of rotatable bonds is 2. The van der Waals surface area contributed by atoms with E-state index in [1.807, 2.05) is 31.2 Å². The molecule has 0 aliphatic carbocycles. The third kappa shape index (κ3) is 2.95. The molecule has 13 heavy (non-hydrogen) atoms. The van der Waals surface area contributed by atoms with Gasteiger partial charge in [0, 0.05) is 12.6 Å². The number of hydrazone groups is 1. The normalized spacial score (nSPS) is 10.5. The molecule has 0 fully saturated rings. The number of nitrogens with one attached hydrogen (secondary N) is 1. The van der Waals surface area contributed by atoms with Crippen molar-refractivity contribution in [1.82, 2.24) is 5.43 Å². The molecule has 0 saturated carbocycles. The van der Waals surface area contributed by atoms with Gasteiger partial charge in [0.25, 0.3) is 0 Å². The van der Waals surface area contributed by atoms with Crippen molar-refractivity contribution in [3.05, 3.63) is 35.4 Å². The van der Waals surface area contributed by atoms with Crippen molar-refractivity contribution in [1.29, 1.82) is 0 Å². The molecule has 1 rings (SSSR count). The van der Waals surface area contributed by atoms with Gasteiger partial charge in [0.1, 0.15) is 0 Å². The fourth-order valence-electron chi connectivity index (χ4n) is 1.04. The SMILES string of the molecule is CNN=C(N)c1ccccc1C.Cl. The first-order chi connectivity index (χ1) is 5.75. The lowest BCUT2D eigenvalue weighted by Gasteiger charge is -2.03. The molecule has 0 bridgehead atoms. The molecule has 0 heterocycles. The van der Waals surface area contributed by atoms with Gasteiger partial charge in [-0.25, -0.2) is 0 Å². The summed E-state index contributed by atoms with van der Waals surface area (Å²) < 4.78 is 0. The Labute approximate surface area is 84.4 Å². The average molecular weight is 200 g/mol. The quantitative estimate of drug-likeness (QED) is 0.428. The van der Waals surface area contributed by atoms with Gasteiger partial charge in [-0.05, 0) is 12.5 Å². The summed E-state index contributed by atoms with van der Waals surface area (Å²) in [4.78, 5) is 0. The molecule has 1 aromatic rings. The summed E-state index contributed by atoms with van der Waals surface area (Å²) in [7, 11) is 1.73. The number of hydrogen-bond acceptors (Lipinski definition) is 2. The molecule has 4 heteroatoms. The van der Waals surface area contributed by atoms with E-state index in [2.05, 4.69) is 10.5 Å². The number of aryl methyl sites for hydroxylation is 1. The standard InChI is InChI=1S/C9H13N3.ClH/c1-7-5-3-4-6-8(7)9(10)12-11-2;/h3-6,11H,1-2H3,(H2,10,12);1H. The Balaban J connectivity index is 0.00000144. The van der Waals surface area contributed by atoms with E-state index in [0.717, 1.165) is 11.1 Å². The van der Waals surface area contributed by atoms with E-state index in [9.17, 15) is 0 Å². The molecule has 0 aromatic heterocycles. The molecule has 0 aliphatic rings. The summed E-state index contributed by atoms with van der Waals surface area (Å²) in [5.74, 6) is 0.524. The molecule has 0 aliphatic heterocycles. The van der Waals surface area contributed by atoms with Gasteiger partial charge in [0.2, 0.25) is 0 Å². The van der Waals surface area contributed by atoms with Crippen molar-refractivity contribution < 1.29 is 0 Å². The first-order valence-corrected chi connectivity index (χ1v) is 3.81. The Morgan fingerprint density at radius 1 is 1.38 bits per heavy atom. The molecule has 3 nitrogen and oxygen atoms in total. The van der Waals surface area contributed by atoms with Crippen molar-refractivity contribution in [2.24, 2.45) is 10.8 Å². The number of nitrogens with two attached hydrogens (primary N) is 1. The van der Waals surface area contributed by atoms with Gasteiger partial charge in [0.05, 0.1) is 0 Å². The van der Waals surface area contributed by atoms with Gasteiger partial charge in [0.15, 0.2) is 5.84 Å². The van der Waals surface area contributed by atoms with E-state index in [0.29, 0.717) is 5.84 Å². The lowest BCUT2D eigenvalue weighted by molar-refractivity contribution is 0.897. The smallest absolute Gasteiger partial charge is 0.150 e. The zero-order valence-corrected chi connectivity index (χ0v) is 8.56. The van der Waals surface area contributed by atoms with Crippen molar-refractivity contribution in [2.45, 2.75) is 6.92 Å². The van der Waals surface area contributed by atoms with Gasteiger partial charge in [-0.15, -0.1) is 12.4 Å². The maximum absolute atomic E-state index is 5.69. The largest absolute Gasteiger partial charge is 0.382 e. The average Bonchev–Trinajstić information content (AvgIpc) is 2.05. The lowest BCUT2D eigenvalue weighted by Crippen LogP contribution is -2.18. The Bertz CT molecular complexity index is 297. The molecule has 0 spiro atoms. The summed E-state index contributed by atoms with van der Waals surface area (Å²) in [6.07, 6.45) is 0. The van der Waals surface area contributed by atoms with Gasteiger partial charge in [-0.2, -0.15) is 5.10 Å². The van der Waals surface area contributed by atoms with Crippen LogP contribution < -0.4 is 11.2 Å². The summed E-state index contributed by atoms with van der Waals surface area (Å²) in [5.41, 5.74) is 10.5. The maximum Gasteiger partial charge on any atom is 0.150 e. The number of hydrogen-bond donors (Lipinski definition) is 2. The molecule has 72 valence electrons. The highest BCUT2D eigenvalue weighted by Crippen LogP contribution is 2.05. The Morgan fingerprint density at radius 3 is 2.54 bits per heavy atom. The number of halogens is 1. The van der Waals surface area contributed by atoms with Crippen molar-refractivity contribution in [3.8, 4) is 0 Å². The van der Waals surface area contributed by atoms with Crippen LogP contribution in [0, 0.1) is 6.92 Å². The highest BCUT2D eigenvalue weighted by molar-refractivity contribution is 5.98.